The van der Waals surface area contributed by atoms with Crippen molar-refractivity contribution >= 4 is 23.4 Å². The number of nitrogens with zero attached hydrogens (tertiary/aromatic N) is 4. The summed E-state index contributed by atoms with van der Waals surface area (Å²) in [6, 6.07) is 16.4. The number of anilines is 1. The van der Waals surface area contributed by atoms with Gasteiger partial charge in [0.2, 0.25) is 5.91 Å². The maximum Gasteiger partial charge on any atom is 0.240 e. The van der Waals surface area contributed by atoms with Gasteiger partial charge in [0.15, 0.2) is 11.0 Å². The minimum atomic E-state index is -0.347. The third kappa shape index (κ3) is 3.67. The molecule has 5 nitrogen and oxygen atoms in total. The SMILES string of the molecule is CC(Sc1nnc(-c2ccccc2F)n1C1CC1)C(=O)N(C)c1ccccc1. The number of halogens is 1. The van der Waals surface area contributed by atoms with Crippen molar-refractivity contribution in [3.8, 4) is 11.4 Å². The van der Waals surface area contributed by atoms with E-state index in [1.54, 1.807) is 30.1 Å². The molecule has 1 unspecified atom stereocenters. The molecule has 0 aliphatic heterocycles. The van der Waals surface area contributed by atoms with E-state index in [9.17, 15) is 9.18 Å². The Bertz CT molecular complexity index is 987. The molecule has 4 rings (SSSR count). The molecule has 1 amide bonds. The average Bonchev–Trinajstić information content (AvgIpc) is 3.48. The Morgan fingerprint density at radius 1 is 1.14 bits per heavy atom. The molecule has 1 aliphatic carbocycles. The van der Waals surface area contributed by atoms with Crippen LogP contribution >= 0.6 is 11.8 Å². The summed E-state index contributed by atoms with van der Waals surface area (Å²) in [5.41, 5.74) is 1.28. The van der Waals surface area contributed by atoms with Gasteiger partial charge in [0.05, 0.1) is 10.8 Å². The number of benzene rings is 2. The minimum Gasteiger partial charge on any atom is -0.315 e. The van der Waals surface area contributed by atoms with Crippen LogP contribution in [0.4, 0.5) is 10.1 Å². The number of para-hydroxylation sites is 1. The third-order valence-corrected chi connectivity index (χ3v) is 5.84. The Hall–Kier alpha value is -2.67. The van der Waals surface area contributed by atoms with Crippen molar-refractivity contribution in [3.63, 3.8) is 0 Å². The van der Waals surface area contributed by atoms with Crippen molar-refractivity contribution in [2.24, 2.45) is 0 Å². The van der Waals surface area contributed by atoms with Crippen LogP contribution < -0.4 is 4.90 Å². The van der Waals surface area contributed by atoms with Crippen LogP contribution in [0.3, 0.4) is 0 Å². The molecule has 0 N–H and O–H groups in total. The lowest BCUT2D eigenvalue weighted by Gasteiger charge is -2.21. The summed E-state index contributed by atoms with van der Waals surface area (Å²) in [6.07, 6.45) is 2.03. The first-order chi connectivity index (χ1) is 13.6. The molecule has 0 spiro atoms. The maximum atomic E-state index is 14.3. The topological polar surface area (TPSA) is 51.0 Å². The molecule has 2 aromatic carbocycles. The van der Waals surface area contributed by atoms with Crippen LogP contribution in [0.15, 0.2) is 59.8 Å². The first-order valence-corrected chi connectivity index (χ1v) is 10.1. The Labute approximate surface area is 167 Å². The van der Waals surface area contributed by atoms with Gasteiger partial charge in [-0.15, -0.1) is 10.2 Å². The lowest BCUT2D eigenvalue weighted by molar-refractivity contribution is -0.117. The largest absolute Gasteiger partial charge is 0.315 e. The van der Waals surface area contributed by atoms with E-state index in [1.165, 1.54) is 17.8 Å². The zero-order valence-electron chi connectivity index (χ0n) is 15.7. The van der Waals surface area contributed by atoms with E-state index < -0.39 is 0 Å². The van der Waals surface area contributed by atoms with E-state index in [2.05, 4.69) is 10.2 Å². The van der Waals surface area contributed by atoms with Crippen molar-refractivity contribution in [2.75, 3.05) is 11.9 Å². The number of amides is 1. The molecule has 1 fully saturated rings. The highest BCUT2D eigenvalue weighted by Crippen LogP contribution is 2.42. The van der Waals surface area contributed by atoms with Crippen molar-refractivity contribution < 1.29 is 9.18 Å². The molecule has 28 heavy (non-hydrogen) atoms. The summed E-state index contributed by atoms with van der Waals surface area (Å²) >= 11 is 1.37. The van der Waals surface area contributed by atoms with E-state index >= 15 is 0 Å². The molecule has 0 bridgehead atoms. The quantitative estimate of drug-likeness (QED) is 0.573. The lowest BCUT2D eigenvalue weighted by atomic mass is 10.2. The maximum absolute atomic E-state index is 14.3. The second-order valence-electron chi connectivity index (χ2n) is 6.88. The summed E-state index contributed by atoms with van der Waals surface area (Å²) in [5.74, 6) is 0.189. The standard InChI is InChI=1S/C21H21FN4OS/c1-14(20(27)25(2)15-8-4-3-5-9-15)28-21-24-23-19(26(21)16-12-13-16)17-10-6-7-11-18(17)22/h3-11,14,16H,12-13H2,1-2H3. The summed E-state index contributed by atoms with van der Waals surface area (Å²) in [6.45, 7) is 1.86. The van der Waals surface area contributed by atoms with E-state index in [0.717, 1.165) is 18.5 Å². The van der Waals surface area contributed by atoms with Crippen LogP contribution in [-0.4, -0.2) is 33.0 Å². The van der Waals surface area contributed by atoms with Crippen LogP contribution in [0, 0.1) is 5.82 Å². The van der Waals surface area contributed by atoms with Gasteiger partial charge in [-0.2, -0.15) is 0 Å². The fraction of sp³-hybridized carbons (Fsp3) is 0.286. The molecular formula is C21H21FN4OS. The summed E-state index contributed by atoms with van der Waals surface area (Å²) in [5, 5.41) is 8.85. The predicted octanol–water partition coefficient (Wildman–Crippen LogP) is 4.56. The second-order valence-corrected chi connectivity index (χ2v) is 8.19. The highest BCUT2D eigenvalue weighted by molar-refractivity contribution is 8.00. The Kier molecular flexibility index (Phi) is 5.17. The van der Waals surface area contributed by atoms with Gasteiger partial charge in [-0.3, -0.25) is 9.36 Å². The van der Waals surface area contributed by atoms with Gasteiger partial charge in [-0.25, -0.2) is 4.39 Å². The van der Waals surface area contributed by atoms with Crippen LogP contribution in [0.2, 0.25) is 0 Å². The van der Waals surface area contributed by atoms with Crippen molar-refractivity contribution in [2.45, 2.75) is 36.2 Å². The molecule has 3 aromatic rings. The van der Waals surface area contributed by atoms with Crippen LogP contribution in [0.25, 0.3) is 11.4 Å². The van der Waals surface area contributed by atoms with Crippen molar-refractivity contribution in [1.29, 1.82) is 0 Å². The molecule has 144 valence electrons. The molecule has 7 heteroatoms. The van der Waals surface area contributed by atoms with Crippen molar-refractivity contribution in [3.05, 3.63) is 60.4 Å². The Balaban J connectivity index is 1.58. The molecule has 1 saturated carbocycles. The molecular weight excluding hydrogens is 375 g/mol. The van der Waals surface area contributed by atoms with Crippen LogP contribution in [0.1, 0.15) is 25.8 Å². The van der Waals surface area contributed by atoms with E-state index in [-0.39, 0.29) is 23.0 Å². The van der Waals surface area contributed by atoms with Gasteiger partial charge in [0, 0.05) is 18.8 Å². The second kappa shape index (κ2) is 7.75. The number of rotatable bonds is 6. The number of thioether (sulfide) groups is 1. The normalized spacial score (nSPS) is 14.7. The number of carbonyl (C=O) groups excluding carboxylic acids is 1. The zero-order valence-corrected chi connectivity index (χ0v) is 16.6. The van der Waals surface area contributed by atoms with Gasteiger partial charge in [-0.1, -0.05) is 42.1 Å². The van der Waals surface area contributed by atoms with E-state index in [1.807, 2.05) is 41.8 Å². The molecule has 0 saturated heterocycles. The lowest BCUT2D eigenvalue weighted by Crippen LogP contribution is -2.33. The Morgan fingerprint density at radius 3 is 2.50 bits per heavy atom. The third-order valence-electron chi connectivity index (χ3n) is 4.80. The van der Waals surface area contributed by atoms with Gasteiger partial charge >= 0.3 is 0 Å². The average molecular weight is 396 g/mol. The number of hydrogen-bond donors (Lipinski definition) is 0. The first-order valence-electron chi connectivity index (χ1n) is 9.25. The van der Waals surface area contributed by atoms with E-state index in [0.29, 0.717) is 16.5 Å². The summed E-state index contributed by atoms with van der Waals surface area (Å²) in [7, 11) is 1.77. The minimum absolute atomic E-state index is 0.0195. The van der Waals surface area contributed by atoms with Crippen molar-refractivity contribution in [1.82, 2.24) is 14.8 Å². The summed E-state index contributed by atoms with van der Waals surface area (Å²) in [4.78, 5) is 14.5. The van der Waals surface area contributed by atoms with Gasteiger partial charge < -0.3 is 4.90 Å². The highest BCUT2D eigenvalue weighted by Gasteiger charge is 2.32. The Morgan fingerprint density at radius 2 is 1.82 bits per heavy atom. The first kappa shape index (κ1) is 18.7. The molecule has 0 radical (unpaired) electrons. The van der Waals surface area contributed by atoms with Gasteiger partial charge in [0.25, 0.3) is 0 Å². The predicted molar refractivity (Wildman–Crippen MR) is 109 cm³/mol. The smallest absolute Gasteiger partial charge is 0.240 e. The fourth-order valence-corrected chi connectivity index (χ4v) is 4.12. The zero-order chi connectivity index (χ0) is 19.7. The number of aromatic nitrogens is 3. The fourth-order valence-electron chi connectivity index (χ4n) is 3.11. The molecule has 1 atom stereocenters. The van der Waals surface area contributed by atoms with Gasteiger partial charge in [0.1, 0.15) is 5.82 Å². The highest BCUT2D eigenvalue weighted by atomic mass is 32.2. The molecule has 1 heterocycles. The summed E-state index contributed by atoms with van der Waals surface area (Å²) < 4.78 is 16.3. The van der Waals surface area contributed by atoms with Gasteiger partial charge in [-0.05, 0) is 44.0 Å². The molecule has 1 aromatic heterocycles. The van der Waals surface area contributed by atoms with E-state index in [4.69, 9.17) is 0 Å². The molecule has 1 aliphatic rings. The van der Waals surface area contributed by atoms with Crippen LogP contribution in [0.5, 0.6) is 0 Å². The number of carbonyl (C=O) groups is 1. The monoisotopic (exact) mass is 396 g/mol. The van der Waals surface area contributed by atoms with Crippen LogP contribution in [-0.2, 0) is 4.79 Å². The number of hydrogen-bond acceptors (Lipinski definition) is 4.